The second-order valence-electron chi connectivity index (χ2n) is 4.12. The topological polar surface area (TPSA) is 46.5 Å². The number of allylic oxidation sites excluding steroid dienone is 1. The van der Waals surface area contributed by atoms with E-state index in [1.807, 2.05) is 18.2 Å². The van der Waals surface area contributed by atoms with Crippen molar-refractivity contribution in [2.75, 3.05) is 7.11 Å². The minimum absolute atomic E-state index is 0.0199. The van der Waals surface area contributed by atoms with Gasteiger partial charge in [-0.2, -0.15) is 0 Å². The van der Waals surface area contributed by atoms with Gasteiger partial charge in [-0.3, -0.25) is 4.79 Å². The number of hydrogen-bond acceptors (Lipinski definition) is 4. The van der Waals surface area contributed by atoms with E-state index >= 15 is 0 Å². The average Bonchev–Trinajstić information content (AvgIpc) is 2.77. The Morgan fingerprint density at radius 2 is 2.16 bits per heavy atom. The van der Waals surface area contributed by atoms with Gasteiger partial charge in [0, 0.05) is 17.5 Å². The van der Waals surface area contributed by atoms with Crippen molar-refractivity contribution in [3.05, 3.63) is 39.9 Å². The van der Waals surface area contributed by atoms with Crippen molar-refractivity contribution < 1.29 is 14.6 Å². The van der Waals surface area contributed by atoms with Crippen molar-refractivity contribution in [1.29, 1.82) is 0 Å². The summed E-state index contributed by atoms with van der Waals surface area (Å²) in [6.07, 6.45) is 0.584. The van der Waals surface area contributed by atoms with E-state index in [4.69, 9.17) is 9.84 Å². The normalized spacial score (nSPS) is 10.6. The number of carbonyl (C=O) groups is 1. The van der Waals surface area contributed by atoms with Crippen LogP contribution < -0.4 is 4.74 Å². The molecule has 2 rings (SSSR count). The summed E-state index contributed by atoms with van der Waals surface area (Å²) in [4.78, 5) is 12.7. The van der Waals surface area contributed by atoms with Gasteiger partial charge in [-0.15, -0.1) is 11.3 Å². The Hall–Kier alpha value is -1.33. The van der Waals surface area contributed by atoms with Gasteiger partial charge in [0.05, 0.1) is 22.2 Å². The van der Waals surface area contributed by atoms with E-state index < -0.39 is 0 Å². The van der Waals surface area contributed by atoms with Crippen molar-refractivity contribution >= 4 is 43.1 Å². The quantitative estimate of drug-likeness (QED) is 0.633. The molecule has 1 aromatic carbocycles. The maximum atomic E-state index is 12.0. The van der Waals surface area contributed by atoms with Crippen LogP contribution in [-0.4, -0.2) is 18.0 Å². The van der Waals surface area contributed by atoms with E-state index in [0.717, 1.165) is 20.3 Å². The fourth-order valence-corrected chi connectivity index (χ4v) is 3.28. The molecule has 0 spiro atoms. The van der Waals surface area contributed by atoms with E-state index in [0.29, 0.717) is 11.3 Å². The molecule has 0 radical (unpaired) electrons. The average molecular weight is 341 g/mol. The smallest absolute Gasteiger partial charge is 0.173 e. The van der Waals surface area contributed by atoms with Crippen LogP contribution in [0.25, 0.3) is 10.1 Å². The van der Waals surface area contributed by atoms with Gasteiger partial charge in [-0.25, -0.2) is 0 Å². The van der Waals surface area contributed by atoms with E-state index in [1.165, 1.54) is 11.3 Å². The molecule has 1 heterocycles. The van der Waals surface area contributed by atoms with Crippen molar-refractivity contribution in [3.8, 4) is 5.75 Å². The van der Waals surface area contributed by atoms with Crippen molar-refractivity contribution in [3.63, 3.8) is 0 Å². The molecule has 0 amide bonds. The number of benzene rings is 1. The highest BCUT2D eigenvalue weighted by molar-refractivity contribution is 9.10. The summed E-state index contributed by atoms with van der Waals surface area (Å²) in [5.74, 6) is 0.808. The number of hydrogen-bond donors (Lipinski definition) is 1. The summed E-state index contributed by atoms with van der Waals surface area (Å²) in [5, 5.41) is 10.0. The Kier molecular flexibility index (Phi) is 4.27. The maximum absolute atomic E-state index is 12.0. The van der Waals surface area contributed by atoms with E-state index in [1.54, 1.807) is 7.11 Å². The Morgan fingerprint density at radius 1 is 1.42 bits per heavy atom. The number of aliphatic hydroxyl groups excluding tert-OH is 1. The number of aliphatic hydroxyl groups is 1. The number of halogens is 1. The lowest BCUT2D eigenvalue weighted by molar-refractivity contribution is 0.0982. The Labute approximate surface area is 123 Å². The highest BCUT2D eigenvalue weighted by Gasteiger charge is 2.12. The molecular weight excluding hydrogens is 328 g/mol. The number of carbonyl (C=O) groups excluding carboxylic acids is 1. The fraction of sp³-hybridized carbons (Fsp3) is 0.214. The largest absolute Gasteiger partial charge is 0.513 e. The number of Topliss-reactive ketones (excluding diaryl/α,β-unsaturated/α-hetero) is 1. The van der Waals surface area contributed by atoms with Crippen LogP contribution in [0.5, 0.6) is 5.75 Å². The maximum Gasteiger partial charge on any atom is 0.173 e. The zero-order valence-corrected chi connectivity index (χ0v) is 12.8. The third-order valence-electron chi connectivity index (χ3n) is 2.71. The second kappa shape index (κ2) is 5.75. The van der Waals surface area contributed by atoms with Crippen molar-refractivity contribution in [1.82, 2.24) is 0 Å². The summed E-state index contributed by atoms with van der Waals surface area (Å²) < 4.78 is 7.10. The summed E-state index contributed by atoms with van der Waals surface area (Å²) in [7, 11) is 1.61. The molecule has 0 unspecified atom stereocenters. The third kappa shape index (κ3) is 3.16. The predicted molar refractivity (Wildman–Crippen MR) is 81.4 cm³/mol. The van der Waals surface area contributed by atoms with E-state index in [-0.39, 0.29) is 18.0 Å². The molecule has 0 saturated heterocycles. The van der Waals surface area contributed by atoms with Gasteiger partial charge in [0.2, 0.25) is 0 Å². The Morgan fingerprint density at radius 3 is 2.79 bits per heavy atom. The third-order valence-corrected chi connectivity index (χ3v) is 4.46. The van der Waals surface area contributed by atoms with E-state index in [9.17, 15) is 4.79 Å². The number of ketones is 1. The highest BCUT2D eigenvalue weighted by atomic mass is 79.9. The van der Waals surface area contributed by atoms with Crippen LogP contribution in [0.15, 0.2) is 35.0 Å². The Bertz CT molecular complexity index is 645. The number of rotatable bonds is 5. The molecule has 1 aromatic heterocycles. The van der Waals surface area contributed by atoms with Crippen molar-refractivity contribution in [2.45, 2.75) is 12.8 Å². The molecule has 0 bridgehead atoms. The van der Waals surface area contributed by atoms with Gasteiger partial charge in [0.25, 0.3) is 0 Å². The minimum atomic E-state index is 0.0199. The summed E-state index contributed by atoms with van der Waals surface area (Å²) >= 11 is 4.86. The summed E-state index contributed by atoms with van der Waals surface area (Å²) in [6.45, 7) is 3.38. The van der Waals surface area contributed by atoms with Crippen LogP contribution in [0.1, 0.15) is 22.5 Å². The van der Waals surface area contributed by atoms with Gasteiger partial charge < -0.3 is 9.84 Å². The first-order valence-corrected chi connectivity index (χ1v) is 7.29. The predicted octanol–water partition coefficient (Wildman–Crippen LogP) is 4.71. The molecule has 19 heavy (non-hydrogen) atoms. The van der Waals surface area contributed by atoms with Gasteiger partial charge in [-0.05, 0) is 39.5 Å². The first-order valence-electron chi connectivity index (χ1n) is 5.68. The standard InChI is InChI=1S/C14H13BrO3S/c1-8(16)3-4-11(17)14-6-9-5-10(15)12(18-2)7-13(9)19-14/h5-7,16H,1,3-4H2,2H3. The SMILES string of the molecule is C=C(O)CCC(=O)c1cc2cc(Br)c(OC)cc2s1. The zero-order valence-electron chi connectivity index (χ0n) is 10.4. The molecule has 0 aliphatic carbocycles. The van der Waals surface area contributed by atoms with Gasteiger partial charge >= 0.3 is 0 Å². The molecule has 3 nitrogen and oxygen atoms in total. The molecule has 0 aliphatic rings. The van der Waals surface area contributed by atoms with E-state index in [2.05, 4.69) is 22.5 Å². The molecule has 0 fully saturated rings. The molecular formula is C14H13BrO3S. The van der Waals surface area contributed by atoms with Crippen LogP contribution in [0.2, 0.25) is 0 Å². The zero-order chi connectivity index (χ0) is 14.0. The number of thiophene rings is 1. The molecule has 5 heteroatoms. The van der Waals surface area contributed by atoms with Gasteiger partial charge in [0.1, 0.15) is 5.75 Å². The number of ether oxygens (including phenoxy) is 1. The lowest BCUT2D eigenvalue weighted by Gasteiger charge is -2.01. The summed E-state index contributed by atoms with van der Waals surface area (Å²) in [5.41, 5.74) is 0. The molecule has 2 aromatic rings. The first-order chi connectivity index (χ1) is 9.01. The summed E-state index contributed by atoms with van der Waals surface area (Å²) in [6, 6.07) is 5.71. The van der Waals surface area contributed by atoms with Gasteiger partial charge in [0.15, 0.2) is 5.78 Å². The highest BCUT2D eigenvalue weighted by Crippen LogP contribution is 2.35. The number of fused-ring (bicyclic) bond motifs is 1. The Balaban J connectivity index is 2.31. The lowest BCUT2D eigenvalue weighted by atomic mass is 10.1. The lowest BCUT2D eigenvalue weighted by Crippen LogP contribution is -1.96. The van der Waals surface area contributed by atoms with Crippen LogP contribution in [0, 0.1) is 0 Å². The van der Waals surface area contributed by atoms with Gasteiger partial charge in [-0.1, -0.05) is 6.58 Å². The molecule has 1 N–H and O–H groups in total. The molecule has 0 atom stereocenters. The first kappa shape index (κ1) is 14.1. The van der Waals surface area contributed by atoms with Crippen LogP contribution in [-0.2, 0) is 0 Å². The second-order valence-corrected chi connectivity index (χ2v) is 6.06. The minimum Gasteiger partial charge on any atom is -0.513 e. The van der Waals surface area contributed by atoms with Crippen LogP contribution in [0.4, 0.5) is 0 Å². The molecule has 0 aliphatic heterocycles. The molecule has 100 valence electrons. The fourth-order valence-electron chi connectivity index (χ4n) is 1.72. The van der Waals surface area contributed by atoms with Crippen LogP contribution in [0.3, 0.4) is 0 Å². The molecule has 0 saturated carbocycles. The van der Waals surface area contributed by atoms with Crippen molar-refractivity contribution in [2.24, 2.45) is 0 Å². The number of methoxy groups -OCH3 is 1. The monoisotopic (exact) mass is 340 g/mol. The van der Waals surface area contributed by atoms with Crippen LogP contribution >= 0.6 is 27.3 Å².